The minimum absolute atomic E-state index is 0.386. The number of rotatable bonds is 5. The summed E-state index contributed by atoms with van der Waals surface area (Å²) < 4.78 is 14.0. The Labute approximate surface area is 130 Å². The molecule has 0 aliphatic carbocycles. The van der Waals surface area contributed by atoms with E-state index in [1.165, 1.54) is 12.1 Å². The highest BCUT2D eigenvalue weighted by molar-refractivity contribution is 9.10. The van der Waals surface area contributed by atoms with Gasteiger partial charge in [0, 0.05) is 10.2 Å². The number of nitrogens with zero attached hydrogens (tertiary/aromatic N) is 1. The SMILES string of the molecule is CCC(Nc1ccc(Br)cc1)(C(N)=O)c1ccc(F)cn1. The Balaban J connectivity index is 2.44. The molecular weight excluding hydrogens is 337 g/mol. The van der Waals surface area contributed by atoms with E-state index in [2.05, 4.69) is 26.2 Å². The van der Waals surface area contributed by atoms with Gasteiger partial charge in [-0.25, -0.2) is 4.39 Å². The van der Waals surface area contributed by atoms with Gasteiger partial charge < -0.3 is 11.1 Å². The number of halogens is 2. The van der Waals surface area contributed by atoms with Crippen molar-refractivity contribution in [2.45, 2.75) is 18.9 Å². The standard InChI is InChI=1S/C15H15BrFN3O/c1-2-15(14(18)21,13-8-5-11(17)9-19-13)20-12-6-3-10(16)4-7-12/h3-9,20H,2H2,1H3,(H2,18,21). The van der Waals surface area contributed by atoms with Gasteiger partial charge in [-0.2, -0.15) is 0 Å². The predicted octanol–water partition coefficient (Wildman–Crippen LogP) is 3.19. The molecular formula is C15H15BrFN3O. The molecule has 0 spiro atoms. The number of carbonyl (C=O) groups excluding carboxylic acids is 1. The third-order valence-corrected chi connectivity index (χ3v) is 3.85. The second kappa shape index (κ2) is 6.22. The first-order valence-corrected chi connectivity index (χ1v) is 7.23. The molecule has 1 unspecified atom stereocenters. The van der Waals surface area contributed by atoms with Crippen molar-refractivity contribution in [3.63, 3.8) is 0 Å². The van der Waals surface area contributed by atoms with Crippen LogP contribution in [0, 0.1) is 5.82 Å². The maximum atomic E-state index is 13.0. The summed E-state index contributed by atoms with van der Waals surface area (Å²) in [5.74, 6) is -1.02. The average Bonchev–Trinajstić information content (AvgIpc) is 2.47. The van der Waals surface area contributed by atoms with Gasteiger partial charge in [-0.1, -0.05) is 22.9 Å². The molecule has 0 aliphatic rings. The number of pyridine rings is 1. The van der Waals surface area contributed by atoms with Crippen molar-refractivity contribution in [3.05, 3.63) is 58.6 Å². The zero-order valence-corrected chi connectivity index (χ0v) is 13.0. The molecule has 4 nitrogen and oxygen atoms in total. The van der Waals surface area contributed by atoms with Gasteiger partial charge in [0.1, 0.15) is 5.82 Å². The van der Waals surface area contributed by atoms with Crippen molar-refractivity contribution in [1.82, 2.24) is 4.98 Å². The Kier molecular flexibility index (Phi) is 4.57. The van der Waals surface area contributed by atoms with Crippen LogP contribution in [0.4, 0.5) is 10.1 Å². The van der Waals surface area contributed by atoms with Gasteiger partial charge in [0.25, 0.3) is 0 Å². The Morgan fingerprint density at radius 2 is 2.00 bits per heavy atom. The van der Waals surface area contributed by atoms with E-state index < -0.39 is 17.3 Å². The minimum Gasteiger partial charge on any atom is -0.367 e. The number of aromatic nitrogens is 1. The highest BCUT2D eigenvalue weighted by atomic mass is 79.9. The average molecular weight is 352 g/mol. The zero-order chi connectivity index (χ0) is 15.5. The van der Waals surface area contributed by atoms with Gasteiger partial charge >= 0.3 is 0 Å². The topological polar surface area (TPSA) is 68.0 Å². The van der Waals surface area contributed by atoms with E-state index in [-0.39, 0.29) is 0 Å². The van der Waals surface area contributed by atoms with Crippen LogP contribution in [0.15, 0.2) is 47.1 Å². The summed E-state index contributed by atoms with van der Waals surface area (Å²) in [6, 6.07) is 10.1. The van der Waals surface area contributed by atoms with Crippen molar-refractivity contribution in [3.8, 4) is 0 Å². The van der Waals surface area contributed by atoms with Crippen LogP contribution < -0.4 is 11.1 Å². The second-order valence-electron chi connectivity index (χ2n) is 4.62. The third kappa shape index (κ3) is 3.21. The lowest BCUT2D eigenvalue weighted by Crippen LogP contribution is -2.48. The maximum Gasteiger partial charge on any atom is 0.249 e. The fourth-order valence-electron chi connectivity index (χ4n) is 2.10. The molecule has 2 rings (SSSR count). The highest BCUT2D eigenvalue weighted by Crippen LogP contribution is 2.29. The van der Waals surface area contributed by atoms with Crippen LogP contribution >= 0.6 is 15.9 Å². The van der Waals surface area contributed by atoms with E-state index in [0.29, 0.717) is 12.1 Å². The first-order valence-electron chi connectivity index (χ1n) is 6.43. The summed E-state index contributed by atoms with van der Waals surface area (Å²) in [4.78, 5) is 16.0. The van der Waals surface area contributed by atoms with Crippen LogP contribution in [0.5, 0.6) is 0 Å². The lowest BCUT2D eigenvalue weighted by atomic mass is 9.90. The fourth-order valence-corrected chi connectivity index (χ4v) is 2.37. The molecule has 21 heavy (non-hydrogen) atoms. The molecule has 1 aromatic heterocycles. The van der Waals surface area contributed by atoms with Crippen molar-refractivity contribution < 1.29 is 9.18 Å². The number of primary amides is 1. The summed E-state index contributed by atoms with van der Waals surface area (Å²) in [6.07, 6.45) is 1.46. The summed E-state index contributed by atoms with van der Waals surface area (Å²) in [6.45, 7) is 1.82. The zero-order valence-electron chi connectivity index (χ0n) is 11.4. The number of hydrogen-bond donors (Lipinski definition) is 2. The Morgan fingerprint density at radius 3 is 2.48 bits per heavy atom. The molecule has 2 aromatic rings. The van der Waals surface area contributed by atoms with Crippen molar-refractivity contribution in [2.75, 3.05) is 5.32 Å². The molecule has 3 N–H and O–H groups in total. The van der Waals surface area contributed by atoms with E-state index >= 15 is 0 Å². The van der Waals surface area contributed by atoms with Gasteiger partial charge in [0.15, 0.2) is 5.54 Å². The Bertz CT molecular complexity index is 630. The van der Waals surface area contributed by atoms with E-state index in [0.717, 1.165) is 16.4 Å². The quantitative estimate of drug-likeness (QED) is 0.869. The summed E-state index contributed by atoms with van der Waals surface area (Å²) in [5, 5.41) is 3.12. The van der Waals surface area contributed by atoms with Crippen LogP contribution in [0.2, 0.25) is 0 Å². The molecule has 1 amide bonds. The minimum atomic E-state index is -1.18. The predicted molar refractivity (Wildman–Crippen MR) is 83.1 cm³/mol. The Hall–Kier alpha value is -1.95. The largest absolute Gasteiger partial charge is 0.367 e. The van der Waals surface area contributed by atoms with E-state index in [4.69, 9.17) is 5.73 Å². The molecule has 1 aromatic carbocycles. The third-order valence-electron chi connectivity index (χ3n) is 3.32. The summed E-state index contributed by atoms with van der Waals surface area (Å²) >= 11 is 3.35. The van der Waals surface area contributed by atoms with Crippen LogP contribution in [-0.4, -0.2) is 10.9 Å². The van der Waals surface area contributed by atoms with Crippen LogP contribution in [0.25, 0.3) is 0 Å². The number of carbonyl (C=O) groups is 1. The van der Waals surface area contributed by atoms with Gasteiger partial charge in [0.2, 0.25) is 5.91 Å². The van der Waals surface area contributed by atoms with Gasteiger partial charge in [-0.3, -0.25) is 9.78 Å². The van der Waals surface area contributed by atoms with Crippen LogP contribution in [0.3, 0.4) is 0 Å². The maximum absolute atomic E-state index is 13.0. The molecule has 0 bridgehead atoms. The number of hydrogen-bond acceptors (Lipinski definition) is 3. The first kappa shape index (κ1) is 15.4. The first-order chi connectivity index (χ1) is 9.98. The van der Waals surface area contributed by atoms with E-state index in [1.807, 2.05) is 31.2 Å². The van der Waals surface area contributed by atoms with Crippen LogP contribution in [-0.2, 0) is 10.3 Å². The van der Waals surface area contributed by atoms with Crippen LogP contribution in [0.1, 0.15) is 19.0 Å². The number of benzene rings is 1. The number of anilines is 1. The molecule has 1 heterocycles. The molecule has 0 radical (unpaired) electrons. The molecule has 0 saturated heterocycles. The Morgan fingerprint density at radius 1 is 1.33 bits per heavy atom. The lowest BCUT2D eigenvalue weighted by molar-refractivity contribution is -0.122. The van der Waals surface area contributed by atoms with E-state index in [1.54, 1.807) is 0 Å². The fraction of sp³-hybridized carbons (Fsp3) is 0.200. The molecule has 6 heteroatoms. The number of nitrogens with one attached hydrogen (secondary N) is 1. The second-order valence-corrected chi connectivity index (χ2v) is 5.53. The molecule has 0 fully saturated rings. The van der Waals surface area contributed by atoms with Gasteiger partial charge in [0.05, 0.1) is 11.9 Å². The highest BCUT2D eigenvalue weighted by Gasteiger charge is 2.38. The number of amides is 1. The molecule has 1 atom stereocenters. The van der Waals surface area contributed by atoms with Gasteiger partial charge in [-0.15, -0.1) is 0 Å². The monoisotopic (exact) mass is 351 g/mol. The normalized spacial score (nSPS) is 13.5. The molecule has 0 saturated carbocycles. The lowest BCUT2D eigenvalue weighted by Gasteiger charge is -2.31. The summed E-state index contributed by atoms with van der Waals surface area (Å²) in [5.41, 5.74) is 5.52. The van der Waals surface area contributed by atoms with Crippen molar-refractivity contribution in [1.29, 1.82) is 0 Å². The number of nitrogens with two attached hydrogens (primary N) is 1. The molecule has 110 valence electrons. The van der Waals surface area contributed by atoms with Crippen molar-refractivity contribution in [2.24, 2.45) is 5.73 Å². The van der Waals surface area contributed by atoms with Gasteiger partial charge in [-0.05, 0) is 42.8 Å². The smallest absolute Gasteiger partial charge is 0.249 e. The van der Waals surface area contributed by atoms with E-state index in [9.17, 15) is 9.18 Å². The van der Waals surface area contributed by atoms with Crippen molar-refractivity contribution >= 4 is 27.5 Å². The molecule has 0 aliphatic heterocycles. The summed E-state index contributed by atoms with van der Waals surface area (Å²) in [7, 11) is 0.